The Labute approximate surface area is 131 Å². The molecule has 108 valence electrons. The lowest BCUT2D eigenvalue weighted by atomic mass is 10.2. The van der Waals surface area contributed by atoms with E-state index in [-0.39, 0.29) is 22.2 Å². The number of nitriles is 1. The second kappa shape index (κ2) is 6.31. The maximum atomic E-state index is 11.2. The fourth-order valence-electron chi connectivity index (χ4n) is 1.54. The largest absolute Gasteiger partial charge is 0.487 e. The van der Waals surface area contributed by atoms with Crippen LogP contribution in [-0.4, -0.2) is 13.4 Å². The lowest BCUT2D eigenvalue weighted by Gasteiger charge is -2.09. The predicted octanol–water partition coefficient (Wildman–Crippen LogP) is 3.11. The van der Waals surface area contributed by atoms with Crippen molar-refractivity contribution in [1.29, 1.82) is 5.26 Å². The van der Waals surface area contributed by atoms with Gasteiger partial charge in [-0.3, -0.25) is 0 Å². The van der Waals surface area contributed by atoms with Crippen molar-refractivity contribution in [2.45, 2.75) is 11.5 Å². The summed E-state index contributed by atoms with van der Waals surface area (Å²) in [6.45, 7) is 0.171. The lowest BCUT2D eigenvalue weighted by molar-refractivity contribution is 0.306. The molecule has 2 rings (SSSR count). The molecule has 0 atom stereocenters. The molecule has 0 saturated carbocycles. The molecular weight excluding hydrogens is 335 g/mol. The summed E-state index contributed by atoms with van der Waals surface area (Å²) in [5, 5.41) is 8.89. The lowest BCUT2D eigenvalue weighted by Crippen LogP contribution is -1.98. The molecule has 0 N–H and O–H groups in total. The van der Waals surface area contributed by atoms with Crippen molar-refractivity contribution in [2.24, 2.45) is 0 Å². The molecule has 8 heteroatoms. The summed E-state index contributed by atoms with van der Waals surface area (Å²) in [7, 11) is 1.39. The van der Waals surface area contributed by atoms with Crippen LogP contribution in [0.25, 0.3) is 0 Å². The van der Waals surface area contributed by atoms with E-state index in [9.17, 15) is 8.42 Å². The van der Waals surface area contributed by atoms with Crippen LogP contribution in [0.15, 0.2) is 41.4 Å². The summed E-state index contributed by atoms with van der Waals surface area (Å²) >= 11 is 5.95. The molecule has 5 nitrogen and oxygen atoms in total. The van der Waals surface area contributed by atoms with Gasteiger partial charge in [-0.05, 0) is 35.9 Å². The van der Waals surface area contributed by atoms with E-state index in [1.807, 2.05) is 6.07 Å². The van der Waals surface area contributed by atoms with E-state index < -0.39 is 9.05 Å². The Balaban J connectivity index is 2.15. The molecule has 1 aromatic heterocycles. The van der Waals surface area contributed by atoms with Gasteiger partial charge in [-0.1, -0.05) is 11.6 Å². The molecule has 0 fully saturated rings. The van der Waals surface area contributed by atoms with Gasteiger partial charge in [0.25, 0.3) is 9.05 Å². The fourth-order valence-corrected chi connectivity index (χ4v) is 2.61. The summed E-state index contributed by atoms with van der Waals surface area (Å²) in [6.07, 6.45) is 1.50. The highest BCUT2D eigenvalue weighted by molar-refractivity contribution is 8.13. The first-order valence-corrected chi connectivity index (χ1v) is 8.31. The minimum absolute atomic E-state index is 0.0998. The highest BCUT2D eigenvalue weighted by atomic mass is 35.7. The van der Waals surface area contributed by atoms with Crippen LogP contribution in [0.4, 0.5) is 0 Å². The molecule has 0 saturated heterocycles. The maximum Gasteiger partial charge on any atom is 0.261 e. The number of nitrogens with zero attached hydrogens (tertiary/aromatic N) is 2. The highest BCUT2D eigenvalue weighted by Crippen LogP contribution is 2.29. The Bertz CT molecular complexity index is 816. The number of ether oxygens (including phenoxy) is 1. The Morgan fingerprint density at radius 3 is 2.67 bits per heavy atom. The van der Waals surface area contributed by atoms with E-state index in [0.717, 1.165) is 5.56 Å². The van der Waals surface area contributed by atoms with Crippen molar-refractivity contribution in [3.05, 3.63) is 52.8 Å². The topological polar surface area (TPSA) is 80.0 Å². The van der Waals surface area contributed by atoms with Gasteiger partial charge in [-0.2, -0.15) is 5.26 Å². The fraction of sp³-hybridized carbons (Fsp3) is 0.0769. The second-order valence-corrected chi connectivity index (χ2v) is 6.95. The zero-order valence-electron chi connectivity index (χ0n) is 10.5. The Kier molecular flexibility index (Phi) is 4.68. The summed E-state index contributed by atoms with van der Waals surface area (Å²) < 4.78 is 27.8. The van der Waals surface area contributed by atoms with Crippen molar-refractivity contribution in [1.82, 2.24) is 4.98 Å². The van der Waals surface area contributed by atoms with E-state index in [2.05, 4.69) is 4.98 Å². The predicted molar refractivity (Wildman–Crippen MR) is 77.8 cm³/mol. The van der Waals surface area contributed by atoms with Crippen LogP contribution in [0.1, 0.15) is 11.3 Å². The minimum Gasteiger partial charge on any atom is -0.487 e. The smallest absolute Gasteiger partial charge is 0.261 e. The second-order valence-electron chi connectivity index (χ2n) is 3.98. The number of halogens is 2. The quantitative estimate of drug-likeness (QED) is 0.797. The van der Waals surface area contributed by atoms with E-state index in [0.29, 0.717) is 5.75 Å². The van der Waals surface area contributed by atoms with Gasteiger partial charge in [-0.25, -0.2) is 13.4 Å². The van der Waals surface area contributed by atoms with Crippen molar-refractivity contribution in [3.63, 3.8) is 0 Å². The van der Waals surface area contributed by atoms with Crippen LogP contribution in [-0.2, 0) is 15.7 Å². The molecular formula is C13H8Cl2N2O3S. The summed E-state index contributed by atoms with van der Waals surface area (Å²) in [4.78, 5) is 3.75. The van der Waals surface area contributed by atoms with Gasteiger partial charge in [-0.15, -0.1) is 0 Å². The SMILES string of the molecule is N#Cc1cc(COc2ccc(S(=O)(=O)Cl)cc2Cl)ccn1. The first-order valence-electron chi connectivity index (χ1n) is 5.62. The monoisotopic (exact) mass is 342 g/mol. The van der Waals surface area contributed by atoms with Crippen LogP contribution in [0.3, 0.4) is 0 Å². The zero-order valence-corrected chi connectivity index (χ0v) is 12.8. The molecule has 0 bridgehead atoms. The number of rotatable bonds is 4. The summed E-state index contributed by atoms with van der Waals surface area (Å²) in [6, 6.07) is 9.15. The van der Waals surface area contributed by atoms with Crippen LogP contribution in [0.5, 0.6) is 5.75 Å². The molecule has 0 spiro atoms. The average Bonchev–Trinajstić information content (AvgIpc) is 2.45. The summed E-state index contributed by atoms with van der Waals surface area (Å²) in [5.41, 5.74) is 1.03. The van der Waals surface area contributed by atoms with Gasteiger partial charge < -0.3 is 4.74 Å². The maximum absolute atomic E-state index is 11.2. The van der Waals surface area contributed by atoms with E-state index in [1.165, 1.54) is 24.4 Å². The Morgan fingerprint density at radius 2 is 2.05 bits per heavy atom. The van der Waals surface area contributed by atoms with Crippen LogP contribution in [0, 0.1) is 11.3 Å². The van der Waals surface area contributed by atoms with Crippen molar-refractivity contribution >= 4 is 31.3 Å². The molecule has 2 aromatic rings. The third kappa shape index (κ3) is 4.08. The highest BCUT2D eigenvalue weighted by Gasteiger charge is 2.13. The first kappa shape index (κ1) is 15.6. The van der Waals surface area contributed by atoms with Gasteiger partial charge in [0, 0.05) is 16.9 Å². The summed E-state index contributed by atoms with van der Waals surface area (Å²) in [5.74, 6) is 0.316. The van der Waals surface area contributed by atoms with Crippen molar-refractivity contribution in [3.8, 4) is 11.8 Å². The molecule has 1 aromatic carbocycles. The first-order chi connectivity index (χ1) is 9.90. The van der Waals surface area contributed by atoms with Crippen LogP contribution >= 0.6 is 22.3 Å². The molecule has 0 amide bonds. The van der Waals surface area contributed by atoms with Crippen molar-refractivity contribution in [2.75, 3.05) is 0 Å². The number of aromatic nitrogens is 1. The average molecular weight is 343 g/mol. The number of pyridine rings is 1. The molecule has 0 aliphatic heterocycles. The van der Waals surface area contributed by atoms with E-state index >= 15 is 0 Å². The van der Waals surface area contributed by atoms with Gasteiger partial charge in [0.2, 0.25) is 0 Å². The molecule has 1 heterocycles. The molecule has 0 aliphatic carbocycles. The van der Waals surface area contributed by atoms with Crippen LogP contribution in [0.2, 0.25) is 5.02 Å². The Hall–Kier alpha value is -1.81. The van der Waals surface area contributed by atoms with Gasteiger partial charge >= 0.3 is 0 Å². The standard InChI is InChI=1S/C13H8Cl2N2O3S/c14-12-6-11(21(15,18)19)1-2-13(12)20-8-9-3-4-17-10(5-9)7-16/h1-6H,8H2. The van der Waals surface area contributed by atoms with Gasteiger partial charge in [0.15, 0.2) is 0 Å². The van der Waals surface area contributed by atoms with E-state index in [4.69, 9.17) is 32.3 Å². The normalized spacial score (nSPS) is 10.9. The van der Waals surface area contributed by atoms with Gasteiger partial charge in [0.05, 0.1) is 9.92 Å². The van der Waals surface area contributed by atoms with E-state index in [1.54, 1.807) is 12.1 Å². The minimum atomic E-state index is -3.83. The third-order valence-electron chi connectivity index (χ3n) is 2.52. The number of hydrogen-bond donors (Lipinski definition) is 0. The molecule has 0 unspecified atom stereocenters. The van der Waals surface area contributed by atoms with Gasteiger partial charge in [0.1, 0.15) is 24.1 Å². The van der Waals surface area contributed by atoms with Crippen molar-refractivity contribution < 1.29 is 13.2 Å². The molecule has 21 heavy (non-hydrogen) atoms. The number of hydrogen-bond acceptors (Lipinski definition) is 5. The molecule has 0 aliphatic rings. The Morgan fingerprint density at radius 1 is 1.29 bits per heavy atom. The third-order valence-corrected chi connectivity index (χ3v) is 4.17. The van der Waals surface area contributed by atoms with Crippen LogP contribution < -0.4 is 4.74 Å². The number of benzene rings is 1. The zero-order chi connectivity index (χ0) is 15.5. The molecule has 0 radical (unpaired) electrons.